The van der Waals surface area contributed by atoms with Crippen LogP contribution < -0.4 is 0 Å². The van der Waals surface area contributed by atoms with Gasteiger partial charge in [0.05, 0.1) is 19.4 Å². The first-order valence-corrected chi connectivity index (χ1v) is 7.80. The van der Waals surface area contributed by atoms with E-state index in [-0.39, 0.29) is 18.0 Å². The van der Waals surface area contributed by atoms with Crippen molar-refractivity contribution < 1.29 is 18.0 Å². The summed E-state index contributed by atoms with van der Waals surface area (Å²) in [5.74, 6) is -1.77. The molecule has 3 rings (SSSR count). The fourth-order valence-corrected chi connectivity index (χ4v) is 2.91. The summed E-state index contributed by atoms with van der Waals surface area (Å²) in [6.07, 6.45) is 1.53. The molecule has 0 fully saturated rings. The Morgan fingerprint density at radius 1 is 1.09 bits per heavy atom. The Morgan fingerprint density at radius 3 is 2.61 bits per heavy atom. The topological polar surface area (TPSA) is 33.5 Å². The summed E-state index contributed by atoms with van der Waals surface area (Å²) in [7, 11) is 0. The van der Waals surface area contributed by atoms with Gasteiger partial charge in [0.15, 0.2) is 11.6 Å². The van der Waals surface area contributed by atoms with Crippen LogP contribution in [0.25, 0.3) is 0 Å². The number of carbonyl (C=O) groups is 1. The zero-order valence-corrected chi connectivity index (χ0v) is 12.9. The van der Waals surface area contributed by atoms with Crippen LogP contribution in [0.15, 0.2) is 58.5 Å². The van der Waals surface area contributed by atoms with E-state index >= 15 is 0 Å². The lowest BCUT2D eigenvalue weighted by atomic mass is 10.1. The van der Waals surface area contributed by atoms with Gasteiger partial charge in [-0.3, -0.25) is 4.79 Å². The van der Waals surface area contributed by atoms with Crippen LogP contribution in [-0.2, 0) is 13.1 Å². The van der Waals surface area contributed by atoms with Gasteiger partial charge in [-0.2, -0.15) is 0 Å². The highest BCUT2D eigenvalue weighted by atomic mass is 32.1. The largest absolute Gasteiger partial charge is 0.467 e. The summed E-state index contributed by atoms with van der Waals surface area (Å²) >= 11 is 1.52. The van der Waals surface area contributed by atoms with Crippen LogP contribution in [0.1, 0.15) is 21.0 Å². The third-order valence-corrected chi connectivity index (χ3v) is 4.17. The number of carbonyl (C=O) groups excluding carboxylic acids is 1. The Labute approximate surface area is 135 Å². The van der Waals surface area contributed by atoms with Gasteiger partial charge in [0.1, 0.15) is 5.76 Å². The molecule has 0 aliphatic rings. The first-order chi connectivity index (χ1) is 11.1. The summed E-state index contributed by atoms with van der Waals surface area (Å²) in [5.41, 5.74) is 0.104. The predicted molar refractivity (Wildman–Crippen MR) is 83.0 cm³/mol. The number of furan rings is 1. The maximum absolute atomic E-state index is 13.4. The monoisotopic (exact) mass is 333 g/mol. The van der Waals surface area contributed by atoms with E-state index < -0.39 is 11.6 Å². The maximum atomic E-state index is 13.4. The van der Waals surface area contributed by atoms with Crippen molar-refractivity contribution in [2.24, 2.45) is 0 Å². The number of hydrogen-bond acceptors (Lipinski definition) is 3. The van der Waals surface area contributed by atoms with E-state index in [1.807, 2.05) is 17.5 Å². The van der Waals surface area contributed by atoms with Crippen LogP contribution >= 0.6 is 11.3 Å². The Bertz CT molecular complexity index is 749. The summed E-state index contributed by atoms with van der Waals surface area (Å²) in [4.78, 5) is 15.2. The lowest BCUT2D eigenvalue weighted by Crippen LogP contribution is -2.29. The van der Waals surface area contributed by atoms with Gasteiger partial charge in [-0.05, 0) is 41.8 Å². The fourth-order valence-electron chi connectivity index (χ4n) is 2.19. The zero-order chi connectivity index (χ0) is 16.2. The molecule has 0 saturated carbocycles. The van der Waals surface area contributed by atoms with Crippen molar-refractivity contribution in [3.63, 3.8) is 0 Å². The highest BCUT2D eigenvalue weighted by Gasteiger charge is 2.19. The number of amides is 1. The molecule has 118 valence electrons. The van der Waals surface area contributed by atoms with Crippen molar-refractivity contribution in [3.8, 4) is 0 Å². The van der Waals surface area contributed by atoms with Crippen molar-refractivity contribution in [3.05, 3.63) is 81.9 Å². The van der Waals surface area contributed by atoms with Gasteiger partial charge < -0.3 is 9.32 Å². The SMILES string of the molecule is O=C(c1ccc(F)c(F)c1)N(Cc1ccco1)Cc1cccs1. The zero-order valence-electron chi connectivity index (χ0n) is 12.0. The van der Waals surface area contributed by atoms with Crippen molar-refractivity contribution in [1.29, 1.82) is 0 Å². The van der Waals surface area contributed by atoms with Crippen LogP contribution in [0.4, 0.5) is 8.78 Å². The molecule has 2 heterocycles. The van der Waals surface area contributed by atoms with Gasteiger partial charge >= 0.3 is 0 Å². The molecule has 0 aliphatic carbocycles. The number of halogens is 2. The van der Waals surface area contributed by atoms with Crippen LogP contribution in [0.3, 0.4) is 0 Å². The summed E-state index contributed by atoms with van der Waals surface area (Å²) in [6, 6.07) is 10.5. The first-order valence-electron chi connectivity index (χ1n) is 6.92. The number of thiophene rings is 1. The Hall–Kier alpha value is -2.47. The lowest BCUT2D eigenvalue weighted by Gasteiger charge is -2.21. The number of benzene rings is 1. The van der Waals surface area contributed by atoms with Crippen molar-refractivity contribution in [1.82, 2.24) is 4.90 Å². The highest BCUT2D eigenvalue weighted by Crippen LogP contribution is 2.18. The van der Waals surface area contributed by atoms with E-state index in [1.165, 1.54) is 28.6 Å². The van der Waals surface area contributed by atoms with Crippen LogP contribution in [0, 0.1) is 11.6 Å². The van der Waals surface area contributed by atoms with Gasteiger partial charge in [-0.1, -0.05) is 6.07 Å². The van der Waals surface area contributed by atoms with Crippen molar-refractivity contribution in [2.45, 2.75) is 13.1 Å². The average Bonchev–Trinajstić information content (AvgIpc) is 3.22. The highest BCUT2D eigenvalue weighted by molar-refractivity contribution is 7.09. The molecule has 1 aromatic carbocycles. The van der Waals surface area contributed by atoms with Crippen LogP contribution in [0.2, 0.25) is 0 Å². The van der Waals surface area contributed by atoms with E-state index in [1.54, 1.807) is 12.1 Å². The minimum atomic E-state index is -1.04. The van der Waals surface area contributed by atoms with Gasteiger partial charge in [0, 0.05) is 10.4 Å². The van der Waals surface area contributed by atoms with E-state index in [9.17, 15) is 13.6 Å². The average molecular weight is 333 g/mol. The van der Waals surface area contributed by atoms with Crippen LogP contribution in [0.5, 0.6) is 0 Å². The van der Waals surface area contributed by atoms with Crippen molar-refractivity contribution in [2.75, 3.05) is 0 Å². The Morgan fingerprint density at radius 2 is 1.96 bits per heavy atom. The molecule has 0 aliphatic heterocycles. The molecule has 0 radical (unpaired) electrons. The third-order valence-electron chi connectivity index (χ3n) is 3.31. The molecular formula is C17H13F2NO2S. The lowest BCUT2D eigenvalue weighted by molar-refractivity contribution is 0.0719. The van der Waals surface area contributed by atoms with Crippen molar-refractivity contribution >= 4 is 17.2 Å². The van der Waals surface area contributed by atoms with Gasteiger partial charge in [0.25, 0.3) is 5.91 Å². The Balaban J connectivity index is 1.86. The quantitative estimate of drug-likeness (QED) is 0.690. The number of hydrogen-bond donors (Lipinski definition) is 0. The van der Waals surface area contributed by atoms with E-state index in [2.05, 4.69) is 0 Å². The predicted octanol–water partition coefficient (Wildman–Crippen LogP) is 4.46. The molecule has 0 spiro atoms. The second kappa shape index (κ2) is 6.75. The third kappa shape index (κ3) is 3.65. The Kier molecular flexibility index (Phi) is 4.52. The normalized spacial score (nSPS) is 10.7. The molecule has 6 heteroatoms. The molecule has 0 unspecified atom stereocenters. The molecule has 3 nitrogen and oxygen atoms in total. The molecule has 0 atom stereocenters. The molecule has 3 aromatic rings. The molecule has 23 heavy (non-hydrogen) atoms. The summed E-state index contributed by atoms with van der Waals surface area (Å²) in [6.45, 7) is 0.624. The molecular weight excluding hydrogens is 320 g/mol. The summed E-state index contributed by atoms with van der Waals surface area (Å²) < 4.78 is 31.7. The van der Waals surface area contributed by atoms with E-state index in [0.717, 1.165) is 17.0 Å². The molecule has 1 amide bonds. The smallest absolute Gasteiger partial charge is 0.254 e. The molecule has 0 saturated heterocycles. The second-order valence-electron chi connectivity index (χ2n) is 4.95. The molecule has 2 aromatic heterocycles. The maximum Gasteiger partial charge on any atom is 0.254 e. The number of nitrogens with zero attached hydrogens (tertiary/aromatic N) is 1. The van der Waals surface area contributed by atoms with E-state index in [4.69, 9.17) is 4.42 Å². The first kappa shape index (κ1) is 15.4. The summed E-state index contributed by atoms with van der Waals surface area (Å²) in [5, 5.41) is 1.92. The van der Waals surface area contributed by atoms with Crippen LogP contribution in [-0.4, -0.2) is 10.8 Å². The van der Waals surface area contributed by atoms with Gasteiger partial charge in [-0.25, -0.2) is 8.78 Å². The fraction of sp³-hybridized carbons (Fsp3) is 0.118. The minimum Gasteiger partial charge on any atom is -0.467 e. The van der Waals surface area contributed by atoms with Gasteiger partial charge in [0.2, 0.25) is 0 Å². The molecule has 0 bridgehead atoms. The molecule has 0 N–H and O–H groups in total. The number of rotatable bonds is 5. The van der Waals surface area contributed by atoms with E-state index in [0.29, 0.717) is 12.3 Å². The second-order valence-corrected chi connectivity index (χ2v) is 5.98. The minimum absolute atomic E-state index is 0.104. The standard InChI is InChI=1S/C17H13F2NO2S/c18-15-6-5-12(9-16(15)19)17(21)20(10-13-3-1-7-22-13)11-14-4-2-8-23-14/h1-9H,10-11H2. The van der Waals surface area contributed by atoms with Gasteiger partial charge in [-0.15, -0.1) is 11.3 Å².